The van der Waals surface area contributed by atoms with Crippen molar-refractivity contribution in [3.8, 4) is 11.1 Å². The fourth-order valence-corrected chi connectivity index (χ4v) is 5.07. The molecule has 3 atom stereocenters. The summed E-state index contributed by atoms with van der Waals surface area (Å²) in [5.41, 5.74) is 5.31. The fourth-order valence-electron chi connectivity index (χ4n) is 5.07. The van der Waals surface area contributed by atoms with Crippen molar-refractivity contribution in [3.63, 3.8) is 0 Å². The molecule has 1 aliphatic carbocycles. The van der Waals surface area contributed by atoms with Gasteiger partial charge in [0, 0.05) is 32.7 Å². The number of piperazine rings is 1. The van der Waals surface area contributed by atoms with Crippen LogP contribution < -0.4 is 0 Å². The smallest absolute Gasteiger partial charge is 0.0543 e. The van der Waals surface area contributed by atoms with Gasteiger partial charge in [0.05, 0.1) is 6.10 Å². The lowest BCUT2D eigenvalue weighted by Gasteiger charge is -2.39. The van der Waals surface area contributed by atoms with Gasteiger partial charge in [-0.05, 0) is 61.8 Å². The van der Waals surface area contributed by atoms with Crippen molar-refractivity contribution in [1.29, 1.82) is 0 Å². The maximum atomic E-state index is 10.3. The van der Waals surface area contributed by atoms with Gasteiger partial charge >= 0.3 is 0 Å². The van der Waals surface area contributed by atoms with Crippen LogP contribution in [0.1, 0.15) is 42.7 Å². The topological polar surface area (TPSA) is 26.7 Å². The summed E-state index contributed by atoms with van der Waals surface area (Å²) < 4.78 is 0. The van der Waals surface area contributed by atoms with E-state index in [1.807, 2.05) is 0 Å². The van der Waals surface area contributed by atoms with Crippen LogP contribution in [0, 0.1) is 12.8 Å². The van der Waals surface area contributed by atoms with E-state index in [2.05, 4.69) is 72.3 Å². The second-order valence-corrected chi connectivity index (χ2v) is 9.28. The van der Waals surface area contributed by atoms with Crippen molar-refractivity contribution in [2.45, 2.75) is 44.6 Å². The standard InChI is InChI=1S/C26H36N2O.2ClH/c1-20-6-8-21(9-7-20)22-10-12-23(13-11-22)26(24-4-3-5-25(29)18-24)19-28-16-14-27(2)15-17-28;;/h6-13,24-26,29H,3-5,14-19H2,1-2H3;2*1H. The number of halogens is 2. The van der Waals surface area contributed by atoms with Crippen molar-refractivity contribution in [1.82, 2.24) is 9.80 Å². The first-order chi connectivity index (χ1) is 14.1. The fraction of sp³-hybridized carbons (Fsp3) is 0.538. The zero-order chi connectivity index (χ0) is 20.2. The normalized spacial score (nSPS) is 23.5. The molecule has 172 valence electrons. The molecule has 2 aromatic rings. The Hall–Kier alpha value is -1.10. The minimum atomic E-state index is -0.115. The van der Waals surface area contributed by atoms with Gasteiger partial charge in [0.2, 0.25) is 0 Å². The highest BCUT2D eigenvalue weighted by Crippen LogP contribution is 2.37. The molecule has 0 aromatic heterocycles. The molecular weight excluding hydrogens is 427 g/mol. The average Bonchev–Trinajstić information content (AvgIpc) is 2.74. The third-order valence-corrected chi connectivity index (χ3v) is 7.03. The number of hydrogen-bond acceptors (Lipinski definition) is 3. The second-order valence-electron chi connectivity index (χ2n) is 9.28. The lowest BCUT2D eigenvalue weighted by atomic mass is 9.75. The van der Waals surface area contributed by atoms with Gasteiger partial charge in [0.15, 0.2) is 0 Å². The third-order valence-electron chi connectivity index (χ3n) is 7.03. The molecule has 1 aliphatic heterocycles. The van der Waals surface area contributed by atoms with Crippen LogP contribution in [-0.4, -0.2) is 60.8 Å². The van der Waals surface area contributed by atoms with Gasteiger partial charge in [-0.2, -0.15) is 0 Å². The van der Waals surface area contributed by atoms with Gasteiger partial charge in [-0.1, -0.05) is 60.5 Å². The number of aliphatic hydroxyl groups excluding tert-OH is 1. The summed E-state index contributed by atoms with van der Waals surface area (Å²) >= 11 is 0. The van der Waals surface area contributed by atoms with Gasteiger partial charge in [0.1, 0.15) is 0 Å². The molecule has 3 nitrogen and oxygen atoms in total. The molecule has 0 radical (unpaired) electrons. The molecule has 2 aromatic carbocycles. The van der Waals surface area contributed by atoms with E-state index in [0.29, 0.717) is 11.8 Å². The number of hydrogen-bond donors (Lipinski definition) is 1. The molecule has 0 amide bonds. The van der Waals surface area contributed by atoms with Gasteiger partial charge < -0.3 is 14.9 Å². The van der Waals surface area contributed by atoms with Crippen molar-refractivity contribution in [2.75, 3.05) is 39.8 Å². The highest BCUT2D eigenvalue weighted by atomic mass is 35.5. The van der Waals surface area contributed by atoms with Gasteiger partial charge in [-0.25, -0.2) is 0 Å². The largest absolute Gasteiger partial charge is 0.393 e. The van der Waals surface area contributed by atoms with Crippen LogP contribution in [0.3, 0.4) is 0 Å². The van der Waals surface area contributed by atoms with Crippen molar-refractivity contribution < 1.29 is 5.11 Å². The van der Waals surface area contributed by atoms with E-state index < -0.39 is 0 Å². The summed E-state index contributed by atoms with van der Waals surface area (Å²) in [4.78, 5) is 5.06. The van der Waals surface area contributed by atoms with Crippen molar-refractivity contribution in [2.24, 2.45) is 5.92 Å². The molecule has 4 rings (SSSR count). The summed E-state index contributed by atoms with van der Waals surface area (Å²) in [6.45, 7) is 7.88. The van der Waals surface area contributed by atoms with Crippen molar-refractivity contribution in [3.05, 3.63) is 59.7 Å². The summed E-state index contributed by atoms with van der Waals surface area (Å²) in [6, 6.07) is 18.1. The zero-order valence-electron chi connectivity index (χ0n) is 18.9. The lowest BCUT2D eigenvalue weighted by molar-refractivity contribution is 0.0773. The molecule has 1 N–H and O–H groups in total. The summed E-state index contributed by atoms with van der Waals surface area (Å²) in [6.07, 6.45) is 4.22. The van der Waals surface area contributed by atoms with E-state index in [1.165, 1.54) is 28.7 Å². The van der Waals surface area contributed by atoms with E-state index in [0.717, 1.165) is 52.0 Å². The predicted molar refractivity (Wildman–Crippen MR) is 136 cm³/mol. The van der Waals surface area contributed by atoms with Crippen LogP contribution in [0.25, 0.3) is 11.1 Å². The Labute approximate surface area is 200 Å². The zero-order valence-corrected chi connectivity index (χ0v) is 20.5. The first-order valence-corrected chi connectivity index (χ1v) is 11.3. The van der Waals surface area contributed by atoms with Crippen molar-refractivity contribution >= 4 is 24.8 Å². The van der Waals surface area contributed by atoms with E-state index in [9.17, 15) is 5.11 Å². The number of nitrogens with zero attached hydrogens (tertiary/aromatic N) is 2. The number of rotatable bonds is 5. The Balaban J connectivity index is 0.00000171. The number of likely N-dealkylation sites (N-methyl/N-ethyl adjacent to an activating group) is 1. The molecule has 1 heterocycles. The minimum absolute atomic E-state index is 0. The number of aliphatic hydroxyl groups is 1. The van der Waals surface area contributed by atoms with E-state index >= 15 is 0 Å². The number of benzene rings is 2. The Morgan fingerprint density at radius 1 is 0.871 bits per heavy atom. The van der Waals surface area contributed by atoms with Crippen LogP contribution in [-0.2, 0) is 0 Å². The van der Waals surface area contributed by atoms with Crippen LogP contribution in [0.15, 0.2) is 48.5 Å². The summed E-state index contributed by atoms with van der Waals surface area (Å²) in [5.74, 6) is 1.10. The number of aryl methyl sites for hydroxylation is 1. The maximum absolute atomic E-state index is 10.3. The van der Waals surface area contributed by atoms with E-state index in [1.54, 1.807) is 0 Å². The van der Waals surface area contributed by atoms with Crippen LogP contribution in [0.4, 0.5) is 0 Å². The molecule has 1 saturated heterocycles. The van der Waals surface area contributed by atoms with Gasteiger partial charge in [-0.3, -0.25) is 0 Å². The highest BCUT2D eigenvalue weighted by Gasteiger charge is 2.30. The minimum Gasteiger partial charge on any atom is -0.393 e. The second kappa shape index (κ2) is 12.2. The monoisotopic (exact) mass is 464 g/mol. The van der Waals surface area contributed by atoms with E-state index in [4.69, 9.17) is 0 Å². The highest BCUT2D eigenvalue weighted by molar-refractivity contribution is 5.85. The lowest BCUT2D eigenvalue weighted by Crippen LogP contribution is -2.46. The Kier molecular flexibility index (Phi) is 10.3. The Morgan fingerprint density at radius 3 is 2.03 bits per heavy atom. The first-order valence-electron chi connectivity index (χ1n) is 11.3. The molecule has 31 heavy (non-hydrogen) atoms. The quantitative estimate of drug-likeness (QED) is 0.642. The van der Waals surface area contributed by atoms with Crippen LogP contribution >= 0.6 is 24.8 Å². The first kappa shape index (κ1) is 26.2. The van der Waals surface area contributed by atoms with Crippen LogP contribution in [0.5, 0.6) is 0 Å². The molecule has 2 aliphatic rings. The molecule has 2 fully saturated rings. The third kappa shape index (κ3) is 6.94. The maximum Gasteiger partial charge on any atom is 0.0543 e. The Morgan fingerprint density at radius 2 is 1.45 bits per heavy atom. The molecule has 3 unspecified atom stereocenters. The molecular formula is C26H38Cl2N2O. The SMILES string of the molecule is Cc1ccc(-c2ccc(C(CN3CCN(C)CC3)C3CCCC(O)C3)cc2)cc1.Cl.Cl. The average molecular weight is 466 g/mol. The molecule has 1 saturated carbocycles. The summed E-state index contributed by atoms with van der Waals surface area (Å²) in [5, 5.41) is 10.3. The van der Waals surface area contributed by atoms with Gasteiger partial charge in [-0.15, -0.1) is 24.8 Å². The van der Waals surface area contributed by atoms with E-state index in [-0.39, 0.29) is 30.9 Å². The predicted octanol–water partition coefficient (Wildman–Crippen LogP) is 5.39. The Bertz CT molecular complexity index is 773. The van der Waals surface area contributed by atoms with Gasteiger partial charge in [0.25, 0.3) is 0 Å². The summed E-state index contributed by atoms with van der Waals surface area (Å²) in [7, 11) is 2.22. The van der Waals surface area contributed by atoms with Crippen LogP contribution in [0.2, 0.25) is 0 Å². The molecule has 0 bridgehead atoms. The molecule has 5 heteroatoms. The molecule has 0 spiro atoms.